The molecule has 2 fully saturated rings. The first kappa shape index (κ1) is 17.4. The summed E-state index contributed by atoms with van der Waals surface area (Å²) in [4.78, 5) is 33.6. The Morgan fingerprint density at radius 1 is 1.21 bits per heavy atom. The number of aromatic nitrogens is 3. The fourth-order valence-corrected chi connectivity index (χ4v) is 4.81. The Morgan fingerprint density at radius 3 is 2.86 bits per heavy atom. The number of piperidine rings is 1. The Kier molecular flexibility index (Phi) is 4.01. The number of carbonyl (C=O) groups is 2. The molecule has 9 heteroatoms. The van der Waals surface area contributed by atoms with Gasteiger partial charge in [-0.3, -0.25) is 9.59 Å². The van der Waals surface area contributed by atoms with Gasteiger partial charge in [0.15, 0.2) is 0 Å². The number of carbonyl (C=O) groups excluding carboxylic acids is 2. The molecule has 2 atom stereocenters. The van der Waals surface area contributed by atoms with E-state index in [1.807, 2.05) is 6.07 Å². The summed E-state index contributed by atoms with van der Waals surface area (Å²) in [7, 11) is 0. The molecular weight excluding hydrogens is 360 g/mol. The summed E-state index contributed by atoms with van der Waals surface area (Å²) < 4.78 is 2.10. The summed E-state index contributed by atoms with van der Waals surface area (Å²) >= 11 is 0. The van der Waals surface area contributed by atoms with Crippen molar-refractivity contribution in [2.75, 3.05) is 18.4 Å². The van der Waals surface area contributed by atoms with E-state index in [2.05, 4.69) is 30.5 Å². The van der Waals surface area contributed by atoms with E-state index in [-0.39, 0.29) is 23.9 Å². The predicted molar refractivity (Wildman–Crippen MR) is 102 cm³/mol. The van der Waals surface area contributed by atoms with Crippen molar-refractivity contribution in [3.8, 4) is 0 Å². The van der Waals surface area contributed by atoms with Gasteiger partial charge in [0.05, 0.1) is 11.6 Å². The standard InChI is InChI=1S/C19H24N6O3/c26-12-7-13(16(27)20-9-12)23-18-21-8-11-6-14-17(28)22-10-19(4-2-1-3-5-19)25(14)15(11)24-18/h6,8,12-13,26H,1-5,7,9-10H2,(H,20,27)(H,22,28)(H,21,23,24)/t12-,13+/m1/s1. The van der Waals surface area contributed by atoms with Crippen LogP contribution in [0.3, 0.4) is 0 Å². The smallest absolute Gasteiger partial charge is 0.268 e. The molecule has 4 heterocycles. The Hall–Kier alpha value is -2.68. The van der Waals surface area contributed by atoms with Gasteiger partial charge in [-0.05, 0) is 18.9 Å². The lowest BCUT2D eigenvalue weighted by Crippen LogP contribution is -2.52. The first-order valence-corrected chi connectivity index (χ1v) is 9.95. The molecule has 28 heavy (non-hydrogen) atoms. The highest BCUT2D eigenvalue weighted by Gasteiger charge is 2.41. The number of rotatable bonds is 2. The maximum absolute atomic E-state index is 12.5. The van der Waals surface area contributed by atoms with E-state index in [4.69, 9.17) is 0 Å². The molecule has 148 valence electrons. The lowest BCUT2D eigenvalue weighted by Gasteiger charge is -2.42. The minimum atomic E-state index is -0.589. The molecule has 1 aliphatic carbocycles. The zero-order valence-corrected chi connectivity index (χ0v) is 15.6. The zero-order valence-electron chi connectivity index (χ0n) is 15.6. The Morgan fingerprint density at radius 2 is 2.04 bits per heavy atom. The SMILES string of the molecule is O=C1NCC2(CCCCC2)n2c1cc1cnc(N[C@H]3C[C@@H](O)CNC3=O)nc12. The first-order chi connectivity index (χ1) is 13.6. The van der Waals surface area contributed by atoms with E-state index in [9.17, 15) is 14.7 Å². The number of anilines is 1. The molecule has 1 saturated carbocycles. The summed E-state index contributed by atoms with van der Waals surface area (Å²) in [5, 5.41) is 19.4. The average molecular weight is 384 g/mol. The largest absolute Gasteiger partial charge is 0.391 e. The number of nitrogens with zero attached hydrogens (tertiary/aromatic N) is 3. The molecule has 0 unspecified atom stereocenters. The van der Waals surface area contributed by atoms with Crippen LogP contribution in [0.25, 0.3) is 11.0 Å². The molecule has 3 aliphatic rings. The molecule has 0 radical (unpaired) electrons. The number of hydrogen-bond acceptors (Lipinski definition) is 6. The van der Waals surface area contributed by atoms with Gasteiger partial charge >= 0.3 is 0 Å². The van der Waals surface area contributed by atoms with Gasteiger partial charge in [-0.25, -0.2) is 4.98 Å². The highest BCUT2D eigenvalue weighted by Crippen LogP contribution is 2.40. The Bertz CT molecular complexity index is 949. The number of amides is 2. The lowest BCUT2D eigenvalue weighted by atomic mass is 9.80. The number of fused-ring (bicyclic) bond motifs is 4. The van der Waals surface area contributed by atoms with Crippen LogP contribution in [0.4, 0.5) is 5.95 Å². The molecule has 4 N–H and O–H groups in total. The van der Waals surface area contributed by atoms with Crippen molar-refractivity contribution in [2.24, 2.45) is 0 Å². The van der Waals surface area contributed by atoms with Gasteiger partial charge < -0.3 is 25.6 Å². The number of aliphatic hydroxyl groups is 1. The van der Waals surface area contributed by atoms with Crippen LogP contribution in [0, 0.1) is 0 Å². The zero-order chi connectivity index (χ0) is 19.3. The molecule has 2 aromatic rings. The van der Waals surface area contributed by atoms with Crippen LogP contribution in [0.5, 0.6) is 0 Å². The summed E-state index contributed by atoms with van der Waals surface area (Å²) in [5.74, 6) is 0.0763. The number of β-amino-alcohol motifs (C(OH)–C–C–N with tert-alkyl or cyclic N) is 1. The minimum absolute atomic E-state index is 0.0847. The van der Waals surface area contributed by atoms with Crippen LogP contribution in [0.2, 0.25) is 0 Å². The van der Waals surface area contributed by atoms with Crippen LogP contribution >= 0.6 is 0 Å². The maximum Gasteiger partial charge on any atom is 0.268 e. The first-order valence-electron chi connectivity index (χ1n) is 9.95. The van der Waals surface area contributed by atoms with E-state index in [0.29, 0.717) is 24.6 Å². The van der Waals surface area contributed by atoms with E-state index >= 15 is 0 Å². The lowest BCUT2D eigenvalue weighted by molar-refractivity contribution is -0.124. The van der Waals surface area contributed by atoms with Crippen LogP contribution in [0.1, 0.15) is 49.0 Å². The van der Waals surface area contributed by atoms with Crippen molar-refractivity contribution in [1.29, 1.82) is 0 Å². The molecule has 0 aromatic carbocycles. The van der Waals surface area contributed by atoms with Gasteiger partial charge in [-0.15, -0.1) is 0 Å². The third-order valence-corrected chi connectivity index (χ3v) is 6.25. The highest BCUT2D eigenvalue weighted by molar-refractivity contribution is 5.99. The van der Waals surface area contributed by atoms with Crippen molar-refractivity contribution >= 4 is 28.8 Å². The van der Waals surface area contributed by atoms with E-state index < -0.39 is 12.1 Å². The van der Waals surface area contributed by atoms with Gasteiger partial charge in [-0.1, -0.05) is 19.3 Å². The molecule has 5 rings (SSSR count). The second-order valence-corrected chi connectivity index (χ2v) is 8.14. The van der Waals surface area contributed by atoms with E-state index in [1.54, 1.807) is 6.20 Å². The van der Waals surface area contributed by atoms with Crippen molar-refractivity contribution in [3.63, 3.8) is 0 Å². The number of aliphatic hydroxyl groups excluding tert-OH is 1. The van der Waals surface area contributed by atoms with Gasteiger partial charge in [-0.2, -0.15) is 4.98 Å². The molecule has 9 nitrogen and oxygen atoms in total. The Labute approximate surface area is 161 Å². The molecule has 2 aliphatic heterocycles. The molecule has 0 bridgehead atoms. The fraction of sp³-hybridized carbons (Fsp3) is 0.579. The second kappa shape index (κ2) is 6.44. The van der Waals surface area contributed by atoms with Crippen LogP contribution < -0.4 is 16.0 Å². The molecular formula is C19H24N6O3. The van der Waals surface area contributed by atoms with Crippen LogP contribution in [-0.2, 0) is 10.3 Å². The van der Waals surface area contributed by atoms with Crippen molar-refractivity contribution in [3.05, 3.63) is 18.0 Å². The van der Waals surface area contributed by atoms with Gasteiger partial charge in [0.25, 0.3) is 5.91 Å². The fourth-order valence-electron chi connectivity index (χ4n) is 4.81. The summed E-state index contributed by atoms with van der Waals surface area (Å²) in [6, 6.07) is 1.27. The normalized spacial score (nSPS) is 26.6. The molecule has 1 saturated heterocycles. The van der Waals surface area contributed by atoms with Crippen LogP contribution in [-0.4, -0.2) is 56.7 Å². The maximum atomic E-state index is 12.5. The Balaban J connectivity index is 1.55. The third-order valence-electron chi connectivity index (χ3n) is 6.25. The van der Waals surface area contributed by atoms with Crippen LogP contribution in [0.15, 0.2) is 12.3 Å². The van der Waals surface area contributed by atoms with Gasteiger partial charge in [0.1, 0.15) is 17.4 Å². The van der Waals surface area contributed by atoms with Crippen molar-refractivity contribution < 1.29 is 14.7 Å². The summed E-state index contributed by atoms with van der Waals surface area (Å²) in [5.41, 5.74) is 1.20. The number of hydrogen-bond donors (Lipinski definition) is 4. The topological polar surface area (TPSA) is 121 Å². The predicted octanol–water partition coefficient (Wildman–Crippen LogP) is 0.495. The number of nitrogens with one attached hydrogen (secondary N) is 3. The summed E-state index contributed by atoms with van der Waals surface area (Å²) in [6.07, 6.45) is 6.90. The van der Waals surface area contributed by atoms with Gasteiger partial charge in [0.2, 0.25) is 11.9 Å². The molecule has 2 aromatic heterocycles. The molecule has 1 spiro atoms. The van der Waals surface area contributed by atoms with Crippen molar-refractivity contribution in [1.82, 2.24) is 25.2 Å². The summed E-state index contributed by atoms with van der Waals surface area (Å²) in [6.45, 7) is 0.882. The van der Waals surface area contributed by atoms with E-state index in [0.717, 1.165) is 36.7 Å². The van der Waals surface area contributed by atoms with Crippen molar-refractivity contribution in [2.45, 2.75) is 56.2 Å². The minimum Gasteiger partial charge on any atom is -0.391 e. The highest BCUT2D eigenvalue weighted by atomic mass is 16.3. The third kappa shape index (κ3) is 2.72. The van der Waals surface area contributed by atoms with E-state index in [1.165, 1.54) is 6.42 Å². The average Bonchev–Trinajstić information content (AvgIpc) is 3.09. The molecule has 2 amide bonds. The quantitative estimate of drug-likeness (QED) is 0.598. The monoisotopic (exact) mass is 384 g/mol. The van der Waals surface area contributed by atoms with Gasteiger partial charge in [0, 0.05) is 31.1 Å². The second-order valence-electron chi connectivity index (χ2n) is 8.14.